The minimum atomic E-state index is -1.10. The molecule has 1 unspecified atom stereocenters. The van der Waals surface area contributed by atoms with Crippen LogP contribution in [0.25, 0.3) is 11.1 Å². The van der Waals surface area contributed by atoms with Crippen LogP contribution < -0.4 is 11.1 Å². The third kappa shape index (κ3) is 6.20. The van der Waals surface area contributed by atoms with E-state index in [2.05, 4.69) is 23.2 Å². The standard InChI is InChI=1S/C24H21NO4.C2H5NO2/c26-23(27)22(14-16-8-2-1-3-9-16)25-24(28)29-15-21-19-12-6-4-10-17(19)18-11-5-7-13-20(18)21;3-1-2(4)5/h1-13,21-22H,14-15H2,(H,25,28)(H,26,27);1,3H2,(H,4,5). The summed E-state index contributed by atoms with van der Waals surface area (Å²) in [6, 6.07) is 24.3. The van der Waals surface area contributed by atoms with E-state index in [9.17, 15) is 19.5 Å². The Morgan fingerprint density at radius 1 is 0.853 bits per heavy atom. The Bertz CT molecular complexity index is 1100. The first kappa shape index (κ1) is 24.5. The maximum absolute atomic E-state index is 12.3. The van der Waals surface area contributed by atoms with Crippen molar-refractivity contribution in [3.8, 4) is 11.1 Å². The lowest BCUT2D eigenvalue weighted by Gasteiger charge is -2.17. The van der Waals surface area contributed by atoms with Gasteiger partial charge in [0.25, 0.3) is 0 Å². The van der Waals surface area contributed by atoms with Crippen LogP contribution in [0.3, 0.4) is 0 Å². The molecule has 0 aliphatic heterocycles. The largest absolute Gasteiger partial charge is 0.480 e. The number of rotatable bonds is 7. The highest BCUT2D eigenvalue weighted by molar-refractivity contribution is 5.81. The Morgan fingerprint density at radius 3 is 1.85 bits per heavy atom. The van der Waals surface area contributed by atoms with Gasteiger partial charge in [-0.1, -0.05) is 78.9 Å². The van der Waals surface area contributed by atoms with Gasteiger partial charge in [0.1, 0.15) is 12.6 Å². The lowest BCUT2D eigenvalue weighted by Crippen LogP contribution is -2.42. The topological polar surface area (TPSA) is 139 Å². The van der Waals surface area contributed by atoms with E-state index in [0.29, 0.717) is 0 Å². The molecule has 0 saturated heterocycles. The maximum Gasteiger partial charge on any atom is 0.407 e. The van der Waals surface area contributed by atoms with Gasteiger partial charge in [-0.15, -0.1) is 0 Å². The molecule has 5 N–H and O–H groups in total. The summed E-state index contributed by atoms with van der Waals surface area (Å²) in [5.41, 5.74) is 9.91. The quantitative estimate of drug-likeness (QED) is 0.423. The lowest BCUT2D eigenvalue weighted by atomic mass is 9.98. The molecule has 8 nitrogen and oxygen atoms in total. The van der Waals surface area contributed by atoms with Gasteiger partial charge in [0.2, 0.25) is 0 Å². The Hall–Kier alpha value is -4.17. The van der Waals surface area contributed by atoms with Crippen molar-refractivity contribution >= 4 is 18.0 Å². The third-order valence-corrected chi connectivity index (χ3v) is 5.39. The fourth-order valence-electron chi connectivity index (χ4n) is 3.83. The first-order chi connectivity index (χ1) is 16.4. The molecule has 8 heteroatoms. The average molecular weight is 463 g/mol. The molecular formula is C26H26N2O6. The number of fused-ring (bicyclic) bond motifs is 3. The van der Waals surface area contributed by atoms with Crippen molar-refractivity contribution in [2.24, 2.45) is 5.73 Å². The van der Waals surface area contributed by atoms with Crippen molar-refractivity contribution < 1.29 is 29.3 Å². The normalized spacial score (nSPS) is 12.4. The highest BCUT2D eigenvalue weighted by Gasteiger charge is 2.29. The number of ether oxygens (including phenoxy) is 1. The number of nitrogens with one attached hydrogen (secondary N) is 1. The highest BCUT2D eigenvalue weighted by atomic mass is 16.5. The molecule has 4 rings (SSSR count). The van der Waals surface area contributed by atoms with E-state index in [-0.39, 0.29) is 25.5 Å². The highest BCUT2D eigenvalue weighted by Crippen LogP contribution is 2.44. The Kier molecular flexibility index (Phi) is 8.37. The smallest absolute Gasteiger partial charge is 0.407 e. The first-order valence-corrected chi connectivity index (χ1v) is 10.7. The first-order valence-electron chi connectivity index (χ1n) is 10.7. The molecular weight excluding hydrogens is 436 g/mol. The van der Waals surface area contributed by atoms with Crippen molar-refractivity contribution in [3.05, 3.63) is 95.6 Å². The van der Waals surface area contributed by atoms with Gasteiger partial charge in [-0.05, 0) is 27.8 Å². The molecule has 34 heavy (non-hydrogen) atoms. The zero-order valence-electron chi connectivity index (χ0n) is 18.4. The minimum absolute atomic E-state index is 0.0643. The molecule has 0 spiro atoms. The number of alkyl carbamates (subject to hydrolysis) is 1. The van der Waals surface area contributed by atoms with Gasteiger partial charge in [-0.3, -0.25) is 4.79 Å². The second-order valence-corrected chi connectivity index (χ2v) is 7.65. The molecule has 0 heterocycles. The van der Waals surface area contributed by atoms with Crippen molar-refractivity contribution in [2.45, 2.75) is 18.4 Å². The summed E-state index contributed by atoms with van der Waals surface area (Å²) < 4.78 is 5.44. The summed E-state index contributed by atoms with van der Waals surface area (Å²) >= 11 is 0. The molecule has 0 bridgehead atoms. The fraction of sp³-hybridized carbons (Fsp3) is 0.192. The van der Waals surface area contributed by atoms with Crippen LogP contribution in [0.4, 0.5) is 4.79 Å². The molecule has 1 atom stereocenters. The number of hydrogen-bond donors (Lipinski definition) is 4. The number of nitrogens with two attached hydrogens (primary N) is 1. The number of carboxylic acids is 2. The number of hydrogen-bond acceptors (Lipinski definition) is 5. The summed E-state index contributed by atoms with van der Waals surface area (Å²) in [6.07, 6.45) is -0.532. The van der Waals surface area contributed by atoms with E-state index in [1.54, 1.807) is 0 Å². The van der Waals surface area contributed by atoms with Crippen molar-refractivity contribution in [2.75, 3.05) is 13.2 Å². The van der Waals surface area contributed by atoms with E-state index in [1.165, 1.54) is 0 Å². The number of aliphatic carboxylic acids is 2. The minimum Gasteiger partial charge on any atom is -0.480 e. The summed E-state index contributed by atoms with van der Waals surface area (Å²) in [6.45, 7) is -0.127. The van der Waals surface area contributed by atoms with E-state index < -0.39 is 24.1 Å². The number of carbonyl (C=O) groups excluding carboxylic acids is 1. The van der Waals surface area contributed by atoms with Gasteiger partial charge in [0, 0.05) is 12.3 Å². The Morgan fingerprint density at radius 2 is 1.35 bits per heavy atom. The third-order valence-electron chi connectivity index (χ3n) is 5.39. The molecule has 1 aliphatic rings. The summed E-state index contributed by atoms with van der Waals surface area (Å²) in [7, 11) is 0. The molecule has 0 saturated carbocycles. The van der Waals surface area contributed by atoms with Crippen molar-refractivity contribution in [3.63, 3.8) is 0 Å². The van der Waals surface area contributed by atoms with Crippen LogP contribution >= 0.6 is 0 Å². The zero-order chi connectivity index (χ0) is 24.5. The van der Waals surface area contributed by atoms with Crippen LogP contribution in [-0.2, 0) is 20.7 Å². The second-order valence-electron chi connectivity index (χ2n) is 7.65. The van der Waals surface area contributed by atoms with E-state index in [0.717, 1.165) is 27.8 Å². The van der Waals surface area contributed by atoms with E-state index in [1.807, 2.05) is 66.7 Å². The predicted molar refractivity (Wildman–Crippen MR) is 126 cm³/mol. The molecule has 3 aromatic rings. The fourth-order valence-corrected chi connectivity index (χ4v) is 3.83. The van der Waals surface area contributed by atoms with Gasteiger partial charge in [-0.2, -0.15) is 0 Å². The second kappa shape index (κ2) is 11.6. The molecule has 1 amide bonds. The molecule has 0 fully saturated rings. The van der Waals surface area contributed by atoms with Gasteiger partial charge in [-0.25, -0.2) is 9.59 Å². The molecule has 1 aliphatic carbocycles. The lowest BCUT2D eigenvalue weighted by molar-refractivity contribution is -0.139. The zero-order valence-corrected chi connectivity index (χ0v) is 18.4. The Balaban J connectivity index is 0.000000588. The number of amides is 1. The maximum atomic E-state index is 12.3. The van der Waals surface area contributed by atoms with Crippen LogP contribution in [0, 0.1) is 0 Å². The molecule has 0 aromatic heterocycles. The monoisotopic (exact) mass is 462 g/mol. The number of carboxylic acid groups (broad SMARTS) is 2. The van der Waals surface area contributed by atoms with E-state index >= 15 is 0 Å². The van der Waals surface area contributed by atoms with Gasteiger partial charge >= 0.3 is 18.0 Å². The number of carbonyl (C=O) groups is 3. The SMILES string of the molecule is NCC(=O)O.O=C(NC(Cc1ccccc1)C(=O)O)OCC1c2ccccc2-c2ccccc21. The van der Waals surface area contributed by atoms with Gasteiger partial charge in [0.05, 0.1) is 6.54 Å². The molecule has 176 valence electrons. The van der Waals surface area contributed by atoms with Crippen LogP contribution in [0.5, 0.6) is 0 Å². The predicted octanol–water partition coefficient (Wildman–Crippen LogP) is 3.25. The Labute approximate surface area is 197 Å². The molecule has 0 radical (unpaired) electrons. The van der Waals surface area contributed by atoms with E-state index in [4.69, 9.17) is 9.84 Å². The average Bonchev–Trinajstić information content (AvgIpc) is 3.17. The van der Waals surface area contributed by atoms with Gasteiger partial charge in [0.15, 0.2) is 0 Å². The summed E-state index contributed by atoms with van der Waals surface area (Å²) in [5.74, 6) is -2.13. The summed E-state index contributed by atoms with van der Waals surface area (Å²) in [5, 5.41) is 19.5. The number of benzene rings is 3. The van der Waals surface area contributed by atoms with Crippen molar-refractivity contribution in [1.82, 2.24) is 5.32 Å². The van der Waals surface area contributed by atoms with Crippen molar-refractivity contribution in [1.29, 1.82) is 0 Å². The van der Waals surface area contributed by atoms with Gasteiger partial charge < -0.3 is 26.0 Å². The van der Waals surface area contributed by atoms with Crippen LogP contribution in [0.2, 0.25) is 0 Å². The summed E-state index contributed by atoms with van der Waals surface area (Å²) in [4.78, 5) is 33.1. The van der Waals surface area contributed by atoms with Crippen LogP contribution in [-0.4, -0.2) is 47.4 Å². The van der Waals surface area contributed by atoms with Crippen LogP contribution in [0.15, 0.2) is 78.9 Å². The van der Waals surface area contributed by atoms with Crippen LogP contribution in [0.1, 0.15) is 22.6 Å². The molecule has 3 aromatic carbocycles.